The maximum Gasteiger partial charge on any atom is 0.243 e. The van der Waals surface area contributed by atoms with E-state index in [2.05, 4.69) is 5.32 Å². The van der Waals surface area contributed by atoms with Crippen LogP contribution in [-0.2, 0) is 26.2 Å². The molecule has 3 rings (SSSR count). The van der Waals surface area contributed by atoms with Crippen molar-refractivity contribution in [2.75, 3.05) is 11.9 Å². The Morgan fingerprint density at radius 3 is 2.24 bits per heavy atom. The molecule has 33 heavy (non-hydrogen) atoms. The fourth-order valence-corrected chi connectivity index (χ4v) is 5.81. The molecular weight excluding hydrogens is 462 g/mol. The van der Waals surface area contributed by atoms with Gasteiger partial charge in [-0.3, -0.25) is 9.59 Å². The first-order valence-electron chi connectivity index (χ1n) is 11.0. The summed E-state index contributed by atoms with van der Waals surface area (Å²) in [5.41, 5.74) is 1.11. The van der Waals surface area contributed by atoms with Crippen LogP contribution >= 0.6 is 11.6 Å². The lowest BCUT2D eigenvalue weighted by Gasteiger charge is -2.40. The van der Waals surface area contributed by atoms with E-state index < -0.39 is 10.0 Å². The van der Waals surface area contributed by atoms with E-state index in [1.54, 1.807) is 29.2 Å². The van der Waals surface area contributed by atoms with Crippen molar-refractivity contribution in [3.63, 3.8) is 0 Å². The molecule has 1 aliphatic heterocycles. The first kappa shape index (κ1) is 25.2. The number of nitrogens with zero attached hydrogens (tertiary/aromatic N) is 2. The Kier molecular flexibility index (Phi) is 8.15. The first-order valence-corrected chi connectivity index (χ1v) is 12.8. The molecule has 0 aliphatic carbocycles. The largest absolute Gasteiger partial charge is 0.336 e. The highest BCUT2D eigenvalue weighted by atomic mass is 35.5. The number of anilines is 1. The number of carbonyl (C=O) groups is 2. The number of halogens is 1. The SMILES string of the molecule is CC(=O)Nc1ccc(S(=O)(=O)N(CC(=O)N2C(C)CCCC2C)Cc2ccccc2Cl)cc1. The van der Waals surface area contributed by atoms with Crippen LogP contribution in [0.5, 0.6) is 0 Å². The van der Waals surface area contributed by atoms with Gasteiger partial charge in [0.05, 0.1) is 11.4 Å². The molecule has 1 saturated heterocycles. The number of amides is 2. The molecule has 0 bridgehead atoms. The quantitative estimate of drug-likeness (QED) is 0.626. The summed E-state index contributed by atoms with van der Waals surface area (Å²) >= 11 is 6.31. The maximum absolute atomic E-state index is 13.6. The minimum atomic E-state index is -4.02. The highest BCUT2D eigenvalue weighted by Gasteiger charge is 2.33. The second-order valence-corrected chi connectivity index (χ2v) is 10.8. The molecule has 1 aliphatic rings. The van der Waals surface area contributed by atoms with Crippen LogP contribution in [0.4, 0.5) is 5.69 Å². The molecule has 2 aromatic rings. The van der Waals surface area contributed by atoms with Gasteiger partial charge in [0.15, 0.2) is 0 Å². The normalized spacial score (nSPS) is 18.9. The summed E-state index contributed by atoms with van der Waals surface area (Å²) in [5, 5.41) is 3.06. The van der Waals surface area contributed by atoms with Crippen molar-refractivity contribution in [1.82, 2.24) is 9.21 Å². The average Bonchev–Trinajstić information content (AvgIpc) is 2.74. The van der Waals surface area contributed by atoms with Crippen molar-refractivity contribution in [1.29, 1.82) is 0 Å². The van der Waals surface area contributed by atoms with Gasteiger partial charge >= 0.3 is 0 Å². The Labute approximate surface area is 200 Å². The van der Waals surface area contributed by atoms with Gasteiger partial charge in [-0.15, -0.1) is 0 Å². The van der Waals surface area contributed by atoms with E-state index in [0.717, 1.165) is 19.3 Å². The number of carbonyl (C=O) groups excluding carboxylic acids is 2. The number of likely N-dealkylation sites (tertiary alicyclic amines) is 1. The minimum Gasteiger partial charge on any atom is -0.336 e. The number of rotatable bonds is 7. The number of hydrogen-bond donors (Lipinski definition) is 1. The summed E-state index contributed by atoms with van der Waals surface area (Å²) in [6, 6.07) is 13.0. The summed E-state index contributed by atoms with van der Waals surface area (Å²) in [6.45, 7) is 5.07. The van der Waals surface area contributed by atoms with Gasteiger partial charge in [0, 0.05) is 36.3 Å². The Hall–Kier alpha value is -2.42. The molecule has 9 heteroatoms. The van der Waals surface area contributed by atoms with E-state index in [0.29, 0.717) is 16.3 Å². The van der Waals surface area contributed by atoms with Gasteiger partial charge in [-0.05, 0) is 69.0 Å². The zero-order chi connectivity index (χ0) is 24.2. The highest BCUT2D eigenvalue weighted by Crippen LogP contribution is 2.26. The predicted molar refractivity (Wildman–Crippen MR) is 129 cm³/mol. The van der Waals surface area contributed by atoms with Crippen molar-refractivity contribution < 1.29 is 18.0 Å². The van der Waals surface area contributed by atoms with Crippen molar-refractivity contribution in [2.24, 2.45) is 0 Å². The van der Waals surface area contributed by atoms with Gasteiger partial charge in [-0.2, -0.15) is 4.31 Å². The summed E-state index contributed by atoms with van der Waals surface area (Å²) in [5.74, 6) is -0.471. The third kappa shape index (κ3) is 6.13. The molecule has 1 N–H and O–H groups in total. The first-order chi connectivity index (χ1) is 15.6. The summed E-state index contributed by atoms with van der Waals surface area (Å²) in [6.07, 6.45) is 2.85. The van der Waals surface area contributed by atoms with Crippen LogP contribution in [0.25, 0.3) is 0 Å². The van der Waals surface area contributed by atoms with E-state index in [1.165, 1.54) is 35.5 Å². The van der Waals surface area contributed by atoms with Gasteiger partial charge in [-0.1, -0.05) is 29.8 Å². The number of sulfonamides is 1. The van der Waals surface area contributed by atoms with Crippen LogP contribution in [0.3, 0.4) is 0 Å². The molecule has 0 spiro atoms. The molecule has 2 amide bonds. The van der Waals surface area contributed by atoms with Crippen LogP contribution in [0.1, 0.15) is 45.6 Å². The summed E-state index contributed by atoms with van der Waals surface area (Å²) < 4.78 is 28.4. The van der Waals surface area contributed by atoms with Crippen LogP contribution in [0.15, 0.2) is 53.4 Å². The highest BCUT2D eigenvalue weighted by molar-refractivity contribution is 7.89. The molecule has 2 unspecified atom stereocenters. The fourth-order valence-electron chi connectivity index (χ4n) is 4.25. The molecule has 178 valence electrons. The van der Waals surface area contributed by atoms with Gasteiger partial charge in [-0.25, -0.2) is 8.42 Å². The topological polar surface area (TPSA) is 86.8 Å². The fraction of sp³-hybridized carbons (Fsp3) is 0.417. The zero-order valence-electron chi connectivity index (χ0n) is 19.1. The van der Waals surface area contributed by atoms with Crippen LogP contribution in [-0.4, -0.2) is 48.1 Å². The lowest BCUT2D eigenvalue weighted by Crippen LogP contribution is -2.51. The van der Waals surface area contributed by atoms with Crippen LogP contribution < -0.4 is 5.32 Å². The Morgan fingerprint density at radius 1 is 1.06 bits per heavy atom. The van der Waals surface area contributed by atoms with E-state index >= 15 is 0 Å². The Bertz CT molecular complexity index is 1090. The smallest absolute Gasteiger partial charge is 0.243 e. The standard InChI is InChI=1S/C24H30ClN3O4S/c1-17-7-6-8-18(2)28(17)24(30)16-27(15-20-9-4-5-10-23(20)25)33(31,32)22-13-11-21(12-14-22)26-19(3)29/h4-5,9-14,17-18H,6-8,15-16H2,1-3H3,(H,26,29). The molecule has 0 radical (unpaired) electrons. The van der Waals surface area contributed by atoms with Gasteiger partial charge < -0.3 is 10.2 Å². The van der Waals surface area contributed by atoms with E-state index in [1.807, 2.05) is 13.8 Å². The van der Waals surface area contributed by atoms with E-state index in [4.69, 9.17) is 11.6 Å². The second-order valence-electron chi connectivity index (χ2n) is 8.50. The number of piperidine rings is 1. The molecule has 0 aromatic heterocycles. The third-order valence-corrected chi connectivity index (χ3v) is 8.08. The monoisotopic (exact) mass is 491 g/mol. The van der Waals surface area contributed by atoms with Crippen molar-refractivity contribution >= 4 is 39.1 Å². The molecule has 2 aromatic carbocycles. The van der Waals surface area contributed by atoms with Gasteiger partial charge in [0.1, 0.15) is 0 Å². The lowest BCUT2D eigenvalue weighted by molar-refractivity contribution is -0.137. The Morgan fingerprint density at radius 2 is 1.67 bits per heavy atom. The molecule has 1 heterocycles. The van der Waals surface area contributed by atoms with Crippen LogP contribution in [0.2, 0.25) is 5.02 Å². The summed E-state index contributed by atoms with van der Waals surface area (Å²) in [4.78, 5) is 26.4. The average molecular weight is 492 g/mol. The molecule has 0 saturated carbocycles. The minimum absolute atomic E-state index is 0.0300. The van der Waals surface area contributed by atoms with Crippen molar-refractivity contribution in [3.8, 4) is 0 Å². The number of hydrogen-bond acceptors (Lipinski definition) is 4. The van der Waals surface area contributed by atoms with E-state index in [9.17, 15) is 18.0 Å². The van der Waals surface area contributed by atoms with Gasteiger partial charge in [0.2, 0.25) is 21.8 Å². The number of benzene rings is 2. The predicted octanol–water partition coefficient (Wildman–Crippen LogP) is 4.28. The zero-order valence-corrected chi connectivity index (χ0v) is 20.7. The molecular formula is C24H30ClN3O4S. The van der Waals surface area contributed by atoms with Crippen molar-refractivity contribution in [3.05, 3.63) is 59.1 Å². The van der Waals surface area contributed by atoms with E-state index in [-0.39, 0.29) is 41.9 Å². The second kappa shape index (κ2) is 10.7. The number of nitrogens with one attached hydrogen (secondary N) is 1. The summed E-state index contributed by atoms with van der Waals surface area (Å²) in [7, 11) is -4.02. The molecule has 1 fully saturated rings. The molecule has 7 nitrogen and oxygen atoms in total. The maximum atomic E-state index is 13.6. The lowest BCUT2D eigenvalue weighted by atomic mass is 9.97. The Balaban J connectivity index is 1.92. The molecule has 2 atom stereocenters. The third-order valence-electron chi connectivity index (χ3n) is 5.91. The van der Waals surface area contributed by atoms with Crippen LogP contribution in [0, 0.1) is 0 Å². The van der Waals surface area contributed by atoms with Crippen molar-refractivity contribution in [2.45, 2.75) is 63.6 Å². The van der Waals surface area contributed by atoms with Gasteiger partial charge in [0.25, 0.3) is 0 Å².